The van der Waals surface area contributed by atoms with Crippen LogP contribution in [0, 0.1) is 5.92 Å². The van der Waals surface area contributed by atoms with Crippen LogP contribution in [0.15, 0.2) is 18.2 Å². The van der Waals surface area contributed by atoms with E-state index in [1.54, 1.807) is 20.8 Å². The number of hydrogen-bond acceptors (Lipinski definition) is 4. The summed E-state index contributed by atoms with van der Waals surface area (Å²) in [7, 11) is -0.740. The lowest BCUT2D eigenvalue weighted by Crippen LogP contribution is -2.54. The number of alkyl halides is 6. The molecule has 0 aliphatic rings. The Hall–Kier alpha value is -2.24. The number of aliphatic hydroxyl groups is 1. The van der Waals surface area contributed by atoms with Crippen molar-refractivity contribution in [2.24, 2.45) is 5.92 Å². The van der Waals surface area contributed by atoms with Crippen LogP contribution >= 0.6 is 0 Å². The third kappa shape index (κ3) is 6.15. The lowest BCUT2D eigenvalue weighted by molar-refractivity contribution is -0.376. The van der Waals surface area contributed by atoms with Crippen molar-refractivity contribution in [1.82, 2.24) is 0 Å². The molecule has 31 heavy (non-hydrogen) atoms. The van der Waals surface area contributed by atoms with E-state index < -0.39 is 59.4 Å². The Morgan fingerprint density at radius 1 is 1.06 bits per heavy atom. The fourth-order valence-corrected chi connectivity index (χ4v) is 2.53. The molecule has 0 aliphatic carbocycles. The molecule has 174 valence electrons. The molecular formula is C19H25BF6N2O3. The van der Waals surface area contributed by atoms with Gasteiger partial charge < -0.3 is 20.5 Å². The zero-order valence-electron chi connectivity index (χ0n) is 17.8. The fraction of sp³-hybridized carbons (Fsp3) is 0.579. The van der Waals surface area contributed by atoms with Crippen LogP contribution in [0.3, 0.4) is 0 Å². The molecule has 12 heteroatoms. The van der Waals surface area contributed by atoms with Crippen molar-refractivity contribution in [1.29, 1.82) is 0 Å². The van der Waals surface area contributed by atoms with Gasteiger partial charge in [-0.3, -0.25) is 4.79 Å². The first kappa shape index (κ1) is 26.8. The van der Waals surface area contributed by atoms with Gasteiger partial charge in [-0.25, -0.2) is 0 Å². The number of anilines is 2. The Labute approximate surface area is 176 Å². The van der Waals surface area contributed by atoms with Crippen molar-refractivity contribution >= 4 is 30.1 Å². The van der Waals surface area contributed by atoms with Crippen LogP contribution in [0.2, 0.25) is 0 Å². The van der Waals surface area contributed by atoms with Crippen LogP contribution in [-0.2, 0) is 10.4 Å². The van der Waals surface area contributed by atoms with Crippen LogP contribution in [0.1, 0.15) is 46.6 Å². The lowest BCUT2D eigenvalue weighted by Gasteiger charge is -2.35. The zero-order valence-corrected chi connectivity index (χ0v) is 17.8. The van der Waals surface area contributed by atoms with E-state index in [1.165, 1.54) is 19.9 Å². The van der Waals surface area contributed by atoms with Crippen LogP contribution in [0.25, 0.3) is 0 Å². The second-order valence-electron chi connectivity index (χ2n) is 8.17. The second-order valence-corrected chi connectivity index (χ2v) is 8.17. The minimum Gasteiger partial charge on any atom is -0.380 e. The van der Waals surface area contributed by atoms with E-state index in [1.807, 2.05) is 5.32 Å². The fourth-order valence-electron chi connectivity index (χ4n) is 2.53. The molecule has 0 fully saturated rings. The van der Waals surface area contributed by atoms with E-state index in [-0.39, 0.29) is 5.69 Å². The number of carbonyl (C=O) groups excluding carboxylic acids is 2. The molecule has 0 aromatic heterocycles. The summed E-state index contributed by atoms with van der Waals surface area (Å²) in [5.74, 6) is -1.66. The molecule has 0 unspecified atom stereocenters. The topological polar surface area (TPSA) is 78.4 Å². The number of hydrogen-bond donors (Lipinski definition) is 3. The van der Waals surface area contributed by atoms with Gasteiger partial charge in [0.25, 0.3) is 5.60 Å². The smallest absolute Gasteiger partial charge is 0.380 e. The zero-order chi connectivity index (χ0) is 24.4. The number of amides is 1. The Bertz CT molecular complexity index is 808. The van der Waals surface area contributed by atoms with Gasteiger partial charge in [0.05, 0.1) is 0 Å². The molecule has 3 N–H and O–H groups in total. The molecule has 0 heterocycles. The van der Waals surface area contributed by atoms with Gasteiger partial charge >= 0.3 is 19.6 Å². The molecule has 1 rings (SSSR count). The summed E-state index contributed by atoms with van der Waals surface area (Å²) in [6.45, 7) is 8.10. The molecule has 0 saturated carbocycles. The van der Waals surface area contributed by atoms with E-state index in [0.29, 0.717) is 12.5 Å². The number of rotatable bonds is 8. The summed E-state index contributed by atoms with van der Waals surface area (Å²) in [5.41, 5.74) is -9.11. The largest absolute Gasteiger partial charge is 0.430 e. The summed E-state index contributed by atoms with van der Waals surface area (Å²) in [5, 5.41) is 14.6. The highest BCUT2D eigenvalue weighted by molar-refractivity contribution is 6.98. The summed E-state index contributed by atoms with van der Waals surface area (Å²) in [6, 6.07) is 2.50. The van der Waals surface area contributed by atoms with Gasteiger partial charge in [-0.1, -0.05) is 20.8 Å². The van der Waals surface area contributed by atoms with Gasteiger partial charge in [0.15, 0.2) is 5.81 Å². The molecule has 1 aromatic rings. The monoisotopic (exact) mass is 454 g/mol. The van der Waals surface area contributed by atoms with Crippen molar-refractivity contribution < 1.29 is 41.0 Å². The quantitative estimate of drug-likeness (QED) is 0.392. The lowest BCUT2D eigenvalue weighted by atomic mass is 9.68. The maximum Gasteiger partial charge on any atom is 0.430 e. The van der Waals surface area contributed by atoms with Crippen molar-refractivity contribution in [2.45, 2.75) is 64.5 Å². The van der Waals surface area contributed by atoms with E-state index in [2.05, 4.69) is 5.32 Å². The number of benzene rings is 1. The molecule has 0 aliphatic heterocycles. The molecule has 0 radical (unpaired) electrons. The minimum absolute atomic E-state index is 0.120. The summed E-state index contributed by atoms with van der Waals surface area (Å²) >= 11 is 0. The SMILES string of the molecule is CCC(C)(C)Nc1ccc(NC(=O)BC(=O)C(C)C)c(C(O)(C(F)(F)F)C(F)(F)F)c1. The molecule has 0 bridgehead atoms. The minimum atomic E-state index is -6.14. The van der Waals surface area contributed by atoms with Gasteiger partial charge in [0, 0.05) is 28.4 Å². The first-order valence-electron chi connectivity index (χ1n) is 9.46. The van der Waals surface area contributed by atoms with Gasteiger partial charge in [-0.05, 0) is 38.5 Å². The highest BCUT2D eigenvalue weighted by Gasteiger charge is 2.72. The van der Waals surface area contributed by atoms with E-state index in [4.69, 9.17) is 0 Å². The second kappa shape index (κ2) is 9.09. The van der Waals surface area contributed by atoms with E-state index in [0.717, 1.165) is 6.07 Å². The van der Waals surface area contributed by atoms with Crippen LogP contribution < -0.4 is 10.6 Å². The average Bonchev–Trinajstić information content (AvgIpc) is 2.59. The van der Waals surface area contributed by atoms with Crippen LogP contribution in [0.4, 0.5) is 42.5 Å². The van der Waals surface area contributed by atoms with Crippen molar-refractivity contribution in [3.8, 4) is 0 Å². The molecular weight excluding hydrogens is 429 g/mol. The number of carbonyl (C=O) groups is 2. The molecule has 0 atom stereocenters. The van der Waals surface area contributed by atoms with Crippen molar-refractivity contribution in [3.05, 3.63) is 23.8 Å². The highest BCUT2D eigenvalue weighted by Crippen LogP contribution is 2.52. The Morgan fingerprint density at radius 2 is 1.58 bits per heavy atom. The molecule has 0 saturated heterocycles. The normalized spacial score (nSPS) is 13.2. The van der Waals surface area contributed by atoms with Gasteiger partial charge in [0.1, 0.15) is 5.68 Å². The van der Waals surface area contributed by atoms with Crippen molar-refractivity contribution in [3.63, 3.8) is 0 Å². The third-order valence-electron chi connectivity index (χ3n) is 4.85. The molecule has 1 aromatic carbocycles. The third-order valence-corrected chi connectivity index (χ3v) is 4.85. The highest BCUT2D eigenvalue weighted by atomic mass is 19.4. The standard InChI is InChI=1S/C19H25BF6N2O3/c1-6-16(4,5)28-11-7-8-13(27-15(30)20-14(29)10(2)3)12(9-11)17(31,18(21,22)23)19(24,25)26/h7-10,20,28,31H,6H2,1-5H3,(H,27,30). The Morgan fingerprint density at radius 3 is 2.00 bits per heavy atom. The average molecular weight is 454 g/mol. The number of halogens is 6. The van der Waals surface area contributed by atoms with Crippen molar-refractivity contribution in [2.75, 3.05) is 10.6 Å². The molecule has 0 spiro atoms. The van der Waals surface area contributed by atoms with E-state index in [9.17, 15) is 41.0 Å². The maximum atomic E-state index is 13.5. The van der Waals surface area contributed by atoms with Crippen LogP contribution in [0.5, 0.6) is 0 Å². The maximum absolute atomic E-state index is 13.5. The summed E-state index contributed by atoms with van der Waals surface area (Å²) < 4.78 is 81.0. The van der Waals surface area contributed by atoms with Gasteiger partial charge in [-0.2, -0.15) is 26.3 Å². The predicted molar refractivity (Wildman–Crippen MR) is 106 cm³/mol. The summed E-state index contributed by atoms with van der Waals surface area (Å²) in [4.78, 5) is 23.8. The first-order valence-corrected chi connectivity index (χ1v) is 9.46. The number of nitrogens with one attached hydrogen (secondary N) is 2. The Balaban J connectivity index is 3.61. The van der Waals surface area contributed by atoms with Gasteiger partial charge in [0.2, 0.25) is 0 Å². The predicted octanol–water partition coefficient (Wildman–Crippen LogP) is 4.75. The summed E-state index contributed by atoms with van der Waals surface area (Å²) in [6.07, 6.45) is -11.8. The van der Waals surface area contributed by atoms with Gasteiger partial charge in [-0.15, -0.1) is 0 Å². The molecule has 5 nitrogen and oxygen atoms in total. The molecule has 1 amide bonds. The Kier molecular flexibility index (Phi) is 7.86. The first-order chi connectivity index (χ1) is 13.9. The van der Waals surface area contributed by atoms with Crippen LogP contribution in [-0.4, -0.2) is 41.8 Å². The van der Waals surface area contributed by atoms with E-state index >= 15 is 0 Å².